The van der Waals surface area contributed by atoms with Crippen molar-refractivity contribution in [3.63, 3.8) is 0 Å². The van der Waals surface area contributed by atoms with Crippen LogP contribution in [-0.2, 0) is 16.1 Å². The maximum Gasteiger partial charge on any atom is 0.229 e. The summed E-state index contributed by atoms with van der Waals surface area (Å²) in [5.41, 5.74) is 5.77. The first-order valence-corrected chi connectivity index (χ1v) is 5.95. The summed E-state index contributed by atoms with van der Waals surface area (Å²) in [7, 11) is 0. The minimum absolute atomic E-state index is 0.0298. The number of nitrogen functional groups attached to an aromatic ring is 1. The molecule has 0 unspecified atom stereocenters. The van der Waals surface area contributed by atoms with Gasteiger partial charge in [0.15, 0.2) is 5.82 Å². The molecule has 96 valence electrons. The first-order valence-electron chi connectivity index (χ1n) is 5.95. The summed E-state index contributed by atoms with van der Waals surface area (Å²) < 4.78 is 13.7. The Balaban J connectivity index is 2.23. The van der Waals surface area contributed by atoms with Crippen LogP contribution in [0.1, 0.15) is 31.2 Å². The van der Waals surface area contributed by atoms with E-state index in [0.717, 1.165) is 4.90 Å². The van der Waals surface area contributed by atoms with Crippen LogP contribution in [0.25, 0.3) is 0 Å². The average molecular weight is 250 g/mol. The van der Waals surface area contributed by atoms with Crippen molar-refractivity contribution in [3.05, 3.63) is 29.6 Å². The smallest absolute Gasteiger partial charge is 0.229 e. The van der Waals surface area contributed by atoms with Crippen LogP contribution < -0.4 is 5.73 Å². The third-order valence-corrected chi connectivity index (χ3v) is 3.07. The first-order chi connectivity index (χ1) is 8.59. The van der Waals surface area contributed by atoms with Gasteiger partial charge in [0.05, 0.1) is 12.2 Å². The molecular weight excluding hydrogens is 235 g/mol. The number of benzene rings is 1. The highest BCUT2D eigenvalue weighted by molar-refractivity contribution is 5.95. The molecule has 1 fully saturated rings. The molecule has 1 aromatic carbocycles. The Labute approximate surface area is 105 Å². The number of amides is 2. The molecule has 5 heteroatoms. The number of rotatable bonds is 2. The molecule has 4 nitrogen and oxygen atoms in total. The minimum atomic E-state index is -0.553. The van der Waals surface area contributed by atoms with Crippen LogP contribution >= 0.6 is 0 Å². The van der Waals surface area contributed by atoms with Gasteiger partial charge in [0, 0.05) is 18.4 Å². The maximum atomic E-state index is 13.7. The topological polar surface area (TPSA) is 63.4 Å². The molecule has 0 aliphatic carbocycles. The second-order valence-corrected chi connectivity index (χ2v) is 4.40. The zero-order chi connectivity index (χ0) is 13.1. The summed E-state index contributed by atoms with van der Waals surface area (Å²) in [5, 5.41) is 0. The predicted molar refractivity (Wildman–Crippen MR) is 64.8 cm³/mol. The lowest BCUT2D eigenvalue weighted by molar-refractivity contribution is -0.144. The van der Waals surface area contributed by atoms with E-state index in [9.17, 15) is 14.0 Å². The zero-order valence-electron chi connectivity index (χ0n) is 9.99. The highest BCUT2D eigenvalue weighted by atomic mass is 19.1. The Hall–Kier alpha value is -1.91. The van der Waals surface area contributed by atoms with E-state index in [1.54, 1.807) is 6.07 Å². The molecule has 2 amide bonds. The Morgan fingerprint density at radius 1 is 1.17 bits per heavy atom. The fourth-order valence-electron chi connectivity index (χ4n) is 2.03. The molecule has 1 aromatic rings. The largest absolute Gasteiger partial charge is 0.396 e. The van der Waals surface area contributed by atoms with Gasteiger partial charge in [-0.05, 0) is 18.9 Å². The van der Waals surface area contributed by atoms with Gasteiger partial charge >= 0.3 is 0 Å². The van der Waals surface area contributed by atoms with Crippen molar-refractivity contribution >= 4 is 17.5 Å². The van der Waals surface area contributed by atoms with Crippen LogP contribution in [0, 0.1) is 5.82 Å². The number of nitrogens with two attached hydrogens (primary N) is 1. The van der Waals surface area contributed by atoms with Gasteiger partial charge in [0.25, 0.3) is 0 Å². The standard InChI is InChI=1S/C13H15FN2O2/c14-13-9(4-3-5-10(13)15)8-16-11(17)6-1-2-7-12(16)18/h3-5H,1-2,6-8,15H2. The third kappa shape index (κ3) is 2.50. The second kappa shape index (κ2) is 5.16. The van der Waals surface area contributed by atoms with E-state index in [1.807, 2.05) is 0 Å². The van der Waals surface area contributed by atoms with Gasteiger partial charge in [0.2, 0.25) is 11.8 Å². The predicted octanol–water partition coefficient (Wildman–Crippen LogP) is 1.84. The van der Waals surface area contributed by atoms with Crippen LogP contribution in [0.2, 0.25) is 0 Å². The Morgan fingerprint density at radius 3 is 2.39 bits per heavy atom. The number of anilines is 1. The van der Waals surface area contributed by atoms with Gasteiger partial charge < -0.3 is 5.73 Å². The van der Waals surface area contributed by atoms with E-state index in [2.05, 4.69) is 0 Å². The molecule has 2 rings (SSSR count). The quantitative estimate of drug-likeness (QED) is 0.643. The third-order valence-electron chi connectivity index (χ3n) is 3.07. The Morgan fingerprint density at radius 2 is 1.78 bits per heavy atom. The molecular formula is C13H15FN2O2. The van der Waals surface area contributed by atoms with Crippen molar-refractivity contribution in [2.45, 2.75) is 32.2 Å². The summed E-state index contributed by atoms with van der Waals surface area (Å²) in [4.78, 5) is 24.7. The maximum absolute atomic E-state index is 13.7. The van der Waals surface area contributed by atoms with Gasteiger partial charge in [-0.3, -0.25) is 14.5 Å². The minimum Gasteiger partial charge on any atom is -0.396 e. The van der Waals surface area contributed by atoms with Crippen LogP contribution in [0.4, 0.5) is 10.1 Å². The lowest BCUT2D eigenvalue weighted by atomic mass is 10.1. The summed E-state index contributed by atoms with van der Waals surface area (Å²) in [6, 6.07) is 4.60. The van der Waals surface area contributed by atoms with E-state index in [0.29, 0.717) is 25.7 Å². The molecule has 1 aliphatic rings. The summed E-state index contributed by atoms with van der Waals surface area (Å²) in [6.45, 7) is -0.0332. The highest BCUT2D eigenvalue weighted by Crippen LogP contribution is 2.20. The lowest BCUT2D eigenvalue weighted by Gasteiger charge is -2.19. The first kappa shape index (κ1) is 12.5. The SMILES string of the molecule is Nc1cccc(CN2C(=O)CCCCC2=O)c1F. The fraction of sp³-hybridized carbons (Fsp3) is 0.385. The summed E-state index contributed by atoms with van der Waals surface area (Å²) in [6.07, 6.45) is 2.10. The molecule has 0 spiro atoms. The Kier molecular flexibility index (Phi) is 3.60. The van der Waals surface area contributed by atoms with E-state index in [-0.39, 0.29) is 29.6 Å². The van der Waals surface area contributed by atoms with E-state index >= 15 is 0 Å². The number of nitrogens with zero attached hydrogens (tertiary/aromatic N) is 1. The van der Waals surface area contributed by atoms with Gasteiger partial charge in [-0.25, -0.2) is 4.39 Å². The van der Waals surface area contributed by atoms with Gasteiger partial charge in [-0.15, -0.1) is 0 Å². The highest BCUT2D eigenvalue weighted by Gasteiger charge is 2.25. The molecule has 1 heterocycles. The summed E-state index contributed by atoms with van der Waals surface area (Å²) >= 11 is 0. The van der Waals surface area contributed by atoms with Gasteiger partial charge in [-0.2, -0.15) is 0 Å². The molecule has 0 aromatic heterocycles. The van der Waals surface area contributed by atoms with Crippen LogP contribution in [0.5, 0.6) is 0 Å². The van der Waals surface area contributed by atoms with E-state index < -0.39 is 5.82 Å². The number of carbonyl (C=O) groups excluding carboxylic acids is 2. The second-order valence-electron chi connectivity index (χ2n) is 4.40. The zero-order valence-corrected chi connectivity index (χ0v) is 9.99. The van der Waals surface area contributed by atoms with Crippen molar-refractivity contribution in [2.75, 3.05) is 5.73 Å². The number of hydrogen-bond donors (Lipinski definition) is 1. The molecule has 0 atom stereocenters. The Bertz CT molecular complexity index is 470. The van der Waals surface area contributed by atoms with Crippen molar-refractivity contribution < 1.29 is 14.0 Å². The van der Waals surface area contributed by atoms with Gasteiger partial charge in [0.1, 0.15) is 0 Å². The molecule has 0 radical (unpaired) electrons. The van der Waals surface area contributed by atoms with Crippen molar-refractivity contribution in [3.8, 4) is 0 Å². The number of likely N-dealkylation sites (tertiary alicyclic amines) is 1. The molecule has 2 N–H and O–H groups in total. The van der Waals surface area contributed by atoms with Crippen LogP contribution in [0.15, 0.2) is 18.2 Å². The normalized spacial score (nSPS) is 16.8. The number of halogens is 1. The van der Waals surface area contributed by atoms with E-state index in [4.69, 9.17) is 5.73 Å². The lowest BCUT2D eigenvalue weighted by Crippen LogP contribution is -2.34. The fourth-order valence-corrected chi connectivity index (χ4v) is 2.03. The average Bonchev–Trinajstić information content (AvgIpc) is 2.49. The van der Waals surface area contributed by atoms with Crippen molar-refractivity contribution in [2.24, 2.45) is 0 Å². The molecule has 0 saturated carbocycles. The van der Waals surface area contributed by atoms with Crippen molar-refractivity contribution in [1.29, 1.82) is 0 Å². The molecule has 1 aliphatic heterocycles. The van der Waals surface area contributed by atoms with Gasteiger partial charge in [-0.1, -0.05) is 12.1 Å². The monoisotopic (exact) mass is 250 g/mol. The molecule has 18 heavy (non-hydrogen) atoms. The molecule has 1 saturated heterocycles. The number of imide groups is 1. The number of carbonyl (C=O) groups is 2. The summed E-state index contributed by atoms with van der Waals surface area (Å²) in [5.74, 6) is -1.03. The van der Waals surface area contributed by atoms with Crippen LogP contribution in [-0.4, -0.2) is 16.7 Å². The van der Waals surface area contributed by atoms with Crippen molar-refractivity contribution in [1.82, 2.24) is 4.90 Å². The number of hydrogen-bond acceptors (Lipinski definition) is 3. The van der Waals surface area contributed by atoms with E-state index in [1.165, 1.54) is 12.1 Å². The molecule has 0 bridgehead atoms. The van der Waals surface area contributed by atoms with Crippen LogP contribution in [0.3, 0.4) is 0 Å².